The Morgan fingerprint density at radius 3 is 2.50 bits per heavy atom. The Morgan fingerprint density at radius 2 is 1.75 bits per heavy atom. The summed E-state index contributed by atoms with van der Waals surface area (Å²) in [5.74, 6) is 5.71. The van der Waals surface area contributed by atoms with Gasteiger partial charge in [-0.25, -0.2) is 0 Å². The predicted molar refractivity (Wildman–Crippen MR) is 117 cm³/mol. The molecule has 9 atom stereocenters. The summed E-state index contributed by atoms with van der Waals surface area (Å²) < 4.78 is 0. The molecule has 4 saturated carbocycles. The molecule has 28 heavy (non-hydrogen) atoms. The van der Waals surface area contributed by atoms with Crippen LogP contribution in [0.1, 0.15) is 98.3 Å². The van der Waals surface area contributed by atoms with Crippen LogP contribution in [0.15, 0.2) is 0 Å². The van der Waals surface area contributed by atoms with Gasteiger partial charge in [0.2, 0.25) is 6.29 Å². The van der Waals surface area contributed by atoms with Crippen LogP contribution in [0.3, 0.4) is 0 Å². The molecule has 0 spiro atoms. The number of nitrogens with one attached hydrogen (secondary N) is 1. The summed E-state index contributed by atoms with van der Waals surface area (Å²) in [6.45, 7) is 10.7. The third-order valence-electron chi connectivity index (χ3n) is 10.6. The van der Waals surface area contributed by atoms with Gasteiger partial charge in [0.25, 0.3) is 0 Å². The van der Waals surface area contributed by atoms with E-state index in [0.717, 1.165) is 35.5 Å². The van der Waals surface area contributed by atoms with E-state index in [-0.39, 0.29) is 0 Å². The van der Waals surface area contributed by atoms with Gasteiger partial charge in [0.1, 0.15) is 0 Å². The van der Waals surface area contributed by atoms with Crippen molar-refractivity contribution in [2.45, 2.75) is 104 Å². The minimum atomic E-state index is 0.415. The second-order valence-electron chi connectivity index (χ2n) is 11.6. The van der Waals surface area contributed by atoms with E-state index >= 15 is 0 Å². The average molecular weight is 387 g/mol. The third kappa shape index (κ3) is 3.30. The first-order chi connectivity index (χ1) is 13.4. The summed E-state index contributed by atoms with van der Waals surface area (Å²) in [7, 11) is 0. The second kappa shape index (κ2) is 8.05. The van der Waals surface area contributed by atoms with Gasteiger partial charge in [0.15, 0.2) is 0 Å². The first-order valence-corrected chi connectivity index (χ1v) is 12.5. The van der Waals surface area contributed by atoms with E-state index < -0.39 is 0 Å². The van der Waals surface area contributed by atoms with E-state index in [0.29, 0.717) is 23.4 Å². The van der Waals surface area contributed by atoms with Crippen molar-refractivity contribution in [2.75, 3.05) is 6.54 Å². The fraction of sp³-hybridized carbons (Fsp3) is 0.962. The lowest BCUT2D eigenvalue weighted by atomic mass is 9.44. The van der Waals surface area contributed by atoms with Gasteiger partial charge in [0.05, 0.1) is 6.54 Å². The molecule has 0 amide bonds. The molecule has 2 nitrogen and oxygen atoms in total. The van der Waals surface area contributed by atoms with Crippen LogP contribution in [-0.2, 0) is 4.79 Å². The smallest absolute Gasteiger partial charge is 0.213 e. The van der Waals surface area contributed by atoms with E-state index in [2.05, 4.69) is 33.0 Å². The third-order valence-corrected chi connectivity index (χ3v) is 10.6. The Balaban J connectivity index is 1.49. The summed E-state index contributed by atoms with van der Waals surface area (Å²) in [6, 6.07) is 0.552. The van der Waals surface area contributed by atoms with Crippen LogP contribution in [0.4, 0.5) is 0 Å². The molecule has 1 radical (unpaired) electrons. The van der Waals surface area contributed by atoms with Crippen molar-refractivity contribution in [2.24, 2.45) is 46.3 Å². The highest BCUT2D eigenvalue weighted by Crippen LogP contribution is 2.68. The zero-order valence-corrected chi connectivity index (χ0v) is 18.9. The fourth-order valence-electron chi connectivity index (χ4n) is 9.26. The van der Waals surface area contributed by atoms with Gasteiger partial charge >= 0.3 is 0 Å². The lowest BCUT2D eigenvalue weighted by Gasteiger charge is -2.61. The maximum atomic E-state index is 10.6. The van der Waals surface area contributed by atoms with Gasteiger partial charge in [-0.15, -0.1) is 0 Å². The summed E-state index contributed by atoms with van der Waals surface area (Å²) in [4.78, 5) is 10.6. The number of rotatable bonds is 6. The van der Waals surface area contributed by atoms with Gasteiger partial charge < -0.3 is 5.32 Å². The Morgan fingerprint density at radius 1 is 1.00 bits per heavy atom. The molecule has 159 valence electrons. The van der Waals surface area contributed by atoms with Crippen LogP contribution in [0.25, 0.3) is 0 Å². The van der Waals surface area contributed by atoms with E-state index in [1.54, 1.807) is 0 Å². The first kappa shape index (κ1) is 20.9. The van der Waals surface area contributed by atoms with Gasteiger partial charge in [-0.3, -0.25) is 4.79 Å². The molecule has 5 unspecified atom stereocenters. The standard InChI is InChI=1S/C26H44NO/c1-5-6-18(2)22-9-10-23-21-8-7-19-17-20(27-15-16-28)11-13-25(19,3)24(21)12-14-26(22,23)4/h18-24,27H,5-15,17H2,1-4H3/t18-,19?,20?,21?,22-,23?,24?,25+,26-/m1/s1. The zero-order chi connectivity index (χ0) is 19.9. The second-order valence-corrected chi connectivity index (χ2v) is 11.6. The fourth-order valence-corrected chi connectivity index (χ4v) is 9.26. The van der Waals surface area contributed by atoms with Gasteiger partial charge in [-0.1, -0.05) is 40.5 Å². The molecular weight excluding hydrogens is 342 g/mol. The minimum absolute atomic E-state index is 0.415. The zero-order valence-electron chi connectivity index (χ0n) is 18.9. The molecule has 4 aliphatic carbocycles. The maximum Gasteiger partial charge on any atom is 0.213 e. The molecule has 0 aromatic rings. The maximum absolute atomic E-state index is 10.6. The molecule has 4 rings (SSSR count). The quantitative estimate of drug-likeness (QED) is 0.593. The van der Waals surface area contributed by atoms with Crippen LogP contribution in [0, 0.1) is 46.3 Å². The van der Waals surface area contributed by atoms with Crippen LogP contribution in [-0.4, -0.2) is 18.9 Å². The number of carbonyl (C=O) groups excluding carboxylic acids is 1. The molecule has 4 fully saturated rings. The molecule has 2 heteroatoms. The van der Waals surface area contributed by atoms with Gasteiger partial charge in [0, 0.05) is 6.04 Å². The highest BCUT2D eigenvalue weighted by Gasteiger charge is 2.60. The van der Waals surface area contributed by atoms with Crippen LogP contribution in [0.5, 0.6) is 0 Å². The number of hydrogen-bond donors (Lipinski definition) is 1. The molecule has 0 aliphatic heterocycles. The Kier molecular flexibility index (Phi) is 6.00. The Bertz CT molecular complexity index is 561. The van der Waals surface area contributed by atoms with Crippen molar-refractivity contribution in [3.63, 3.8) is 0 Å². The average Bonchev–Trinajstić information content (AvgIpc) is 3.03. The van der Waals surface area contributed by atoms with Crippen molar-refractivity contribution in [1.29, 1.82) is 0 Å². The summed E-state index contributed by atoms with van der Waals surface area (Å²) in [6.07, 6.45) is 17.6. The lowest BCUT2D eigenvalue weighted by Crippen LogP contribution is -2.55. The summed E-state index contributed by atoms with van der Waals surface area (Å²) >= 11 is 0. The summed E-state index contributed by atoms with van der Waals surface area (Å²) in [5.41, 5.74) is 1.18. The van der Waals surface area contributed by atoms with E-state index in [9.17, 15) is 4.79 Å². The minimum Gasteiger partial charge on any atom is -0.307 e. The van der Waals surface area contributed by atoms with E-state index in [1.807, 2.05) is 6.29 Å². The molecule has 0 aromatic heterocycles. The van der Waals surface area contributed by atoms with Crippen molar-refractivity contribution < 1.29 is 4.79 Å². The normalized spacial score (nSPS) is 49.0. The van der Waals surface area contributed by atoms with Crippen LogP contribution in [0.2, 0.25) is 0 Å². The molecule has 0 saturated heterocycles. The molecule has 0 aromatic carbocycles. The van der Waals surface area contributed by atoms with E-state index in [1.165, 1.54) is 70.6 Å². The predicted octanol–water partition coefficient (Wildman–Crippen LogP) is 6.15. The highest BCUT2D eigenvalue weighted by atomic mass is 16.1. The number of hydrogen-bond acceptors (Lipinski definition) is 2. The van der Waals surface area contributed by atoms with Crippen LogP contribution >= 0.6 is 0 Å². The van der Waals surface area contributed by atoms with Crippen molar-refractivity contribution in [3.05, 3.63) is 0 Å². The van der Waals surface area contributed by atoms with Crippen molar-refractivity contribution in [1.82, 2.24) is 5.32 Å². The first-order valence-electron chi connectivity index (χ1n) is 12.5. The Labute approximate surface area is 174 Å². The lowest BCUT2D eigenvalue weighted by molar-refractivity contribution is -0.117. The van der Waals surface area contributed by atoms with Crippen LogP contribution < -0.4 is 5.32 Å². The van der Waals surface area contributed by atoms with Crippen molar-refractivity contribution in [3.8, 4) is 0 Å². The highest BCUT2D eigenvalue weighted by molar-refractivity contribution is 5.52. The molecule has 1 N–H and O–H groups in total. The van der Waals surface area contributed by atoms with Gasteiger partial charge in [-0.2, -0.15) is 0 Å². The monoisotopic (exact) mass is 386 g/mol. The van der Waals surface area contributed by atoms with Crippen molar-refractivity contribution >= 4 is 6.29 Å². The SMILES string of the molecule is CCC[C@@H](C)[C@H]1CCC2C3CCC4CC(NC[C]=O)CC[C@]4(C)C3CC[C@@]21C. The topological polar surface area (TPSA) is 29.1 Å². The molecular formula is C26H44NO. The molecule has 0 heterocycles. The number of fused-ring (bicyclic) bond motifs is 5. The largest absolute Gasteiger partial charge is 0.307 e. The van der Waals surface area contributed by atoms with E-state index in [4.69, 9.17) is 0 Å². The molecule has 4 aliphatic rings. The Hall–Kier alpha value is -0.370. The van der Waals surface area contributed by atoms with Gasteiger partial charge in [-0.05, 0) is 104 Å². The summed E-state index contributed by atoms with van der Waals surface area (Å²) in [5, 5.41) is 3.44. The molecule has 0 bridgehead atoms.